The van der Waals surface area contributed by atoms with Crippen molar-refractivity contribution in [3.05, 3.63) is 18.5 Å². The van der Waals surface area contributed by atoms with Gasteiger partial charge in [-0.1, -0.05) is 24.6 Å². The molecule has 6 nitrogen and oxygen atoms in total. The number of aromatic nitrogens is 4. The highest BCUT2D eigenvalue weighted by atomic mass is 32.2. The van der Waals surface area contributed by atoms with Crippen LogP contribution in [0.25, 0.3) is 5.78 Å². The Morgan fingerprint density at radius 1 is 1.26 bits per heavy atom. The van der Waals surface area contributed by atoms with E-state index in [1.807, 2.05) is 12.3 Å². The average Bonchev–Trinajstić information content (AvgIpc) is 3.02. The van der Waals surface area contributed by atoms with E-state index in [1.54, 1.807) is 10.7 Å². The van der Waals surface area contributed by atoms with Gasteiger partial charge in [0, 0.05) is 25.0 Å². The third kappa shape index (κ3) is 3.06. The van der Waals surface area contributed by atoms with E-state index in [0.717, 1.165) is 18.9 Å². The van der Waals surface area contributed by atoms with Crippen molar-refractivity contribution in [2.24, 2.45) is 5.92 Å². The molecule has 2 fully saturated rings. The molecule has 1 saturated heterocycles. The van der Waals surface area contributed by atoms with Crippen molar-refractivity contribution < 1.29 is 4.79 Å². The molecule has 1 aliphatic carbocycles. The molecule has 0 unspecified atom stereocenters. The van der Waals surface area contributed by atoms with Crippen molar-refractivity contribution in [2.45, 2.75) is 49.7 Å². The van der Waals surface area contributed by atoms with Crippen molar-refractivity contribution in [1.82, 2.24) is 24.5 Å². The zero-order valence-electron chi connectivity index (χ0n) is 13.1. The molecule has 1 aliphatic heterocycles. The van der Waals surface area contributed by atoms with E-state index in [0.29, 0.717) is 22.7 Å². The topological polar surface area (TPSA) is 63.4 Å². The second kappa shape index (κ2) is 6.47. The van der Waals surface area contributed by atoms with Crippen LogP contribution >= 0.6 is 11.8 Å². The second-order valence-corrected chi connectivity index (χ2v) is 7.33. The number of hydrogen-bond donors (Lipinski definition) is 0. The first-order valence-corrected chi connectivity index (χ1v) is 9.39. The van der Waals surface area contributed by atoms with Gasteiger partial charge in [0.2, 0.25) is 11.1 Å². The lowest BCUT2D eigenvalue weighted by Gasteiger charge is -2.44. The zero-order chi connectivity index (χ0) is 15.6. The molecule has 2 aromatic heterocycles. The van der Waals surface area contributed by atoms with E-state index >= 15 is 0 Å². The molecule has 122 valence electrons. The molecule has 7 heteroatoms. The second-order valence-electron chi connectivity index (χ2n) is 6.39. The Morgan fingerprint density at radius 3 is 3.04 bits per heavy atom. The normalized spacial score (nSPS) is 24.6. The highest BCUT2D eigenvalue weighted by Gasteiger charge is 2.35. The quantitative estimate of drug-likeness (QED) is 0.808. The first-order chi connectivity index (χ1) is 11.3. The van der Waals surface area contributed by atoms with Crippen molar-refractivity contribution in [2.75, 3.05) is 12.3 Å². The molecule has 4 rings (SSSR count). The van der Waals surface area contributed by atoms with Crippen molar-refractivity contribution in [3.63, 3.8) is 0 Å². The molecule has 1 saturated carbocycles. The summed E-state index contributed by atoms with van der Waals surface area (Å²) >= 11 is 1.41. The van der Waals surface area contributed by atoms with Gasteiger partial charge < -0.3 is 4.90 Å². The van der Waals surface area contributed by atoms with Crippen molar-refractivity contribution >= 4 is 23.4 Å². The number of thioether (sulfide) groups is 1. The largest absolute Gasteiger partial charge is 0.339 e. The summed E-state index contributed by atoms with van der Waals surface area (Å²) in [6.07, 6.45) is 11.0. The maximum Gasteiger partial charge on any atom is 0.253 e. The van der Waals surface area contributed by atoms with Crippen LogP contribution in [0.4, 0.5) is 0 Å². The summed E-state index contributed by atoms with van der Waals surface area (Å²) < 4.78 is 1.64. The number of carbonyl (C=O) groups is 1. The number of rotatable bonds is 3. The first kappa shape index (κ1) is 14.9. The number of piperidine rings is 1. The summed E-state index contributed by atoms with van der Waals surface area (Å²) in [5.74, 6) is 1.95. The molecule has 2 atom stereocenters. The predicted octanol–water partition coefficient (Wildman–Crippen LogP) is 2.40. The Labute approximate surface area is 139 Å². The van der Waals surface area contributed by atoms with Gasteiger partial charge in [-0.25, -0.2) is 9.50 Å². The van der Waals surface area contributed by atoms with Gasteiger partial charge >= 0.3 is 0 Å². The third-order valence-corrected chi connectivity index (χ3v) is 5.81. The molecule has 23 heavy (non-hydrogen) atoms. The van der Waals surface area contributed by atoms with E-state index in [2.05, 4.69) is 20.0 Å². The Bertz CT molecular complexity index is 668. The fourth-order valence-electron chi connectivity index (χ4n) is 3.92. The summed E-state index contributed by atoms with van der Waals surface area (Å²) in [6.45, 7) is 0.917. The summed E-state index contributed by atoms with van der Waals surface area (Å²) in [6, 6.07) is 2.29. The van der Waals surface area contributed by atoms with E-state index in [-0.39, 0.29) is 5.91 Å². The van der Waals surface area contributed by atoms with Crippen LogP contribution in [-0.4, -0.2) is 48.7 Å². The van der Waals surface area contributed by atoms with Crippen LogP contribution in [0, 0.1) is 5.92 Å². The highest BCUT2D eigenvalue weighted by molar-refractivity contribution is 7.99. The smallest absolute Gasteiger partial charge is 0.253 e. The number of carbonyl (C=O) groups excluding carboxylic acids is 1. The van der Waals surface area contributed by atoms with Gasteiger partial charge in [0.15, 0.2) is 0 Å². The zero-order valence-corrected chi connectivity index (χ0v) is 13.9. The summed E-state index contributed by atoms with van der Waals surface area (Å²) in [5, 5.41) is 4.97. The minimum atomic E-state index is 0.235. The number of likely N-dealkylation sites (tertiary alicyclic amines) is 1. The fourth-order valence-corrected chi connectivity index (χ4v) is 4.63. The van der Waals surface area contributed by atoms with Gasteiger partial charge in [-0.3, -0.25) is 4.79 Å². The van der Waals surface area contributed by atoms with E-state index in [4.69, 9.17) is 0 Å². The molecule has 3 heterocycles. The lowest BCUT2D eigenvalue weighted by Crippen LogP contribution is -2.50. The molecule has 2 aromatic rings. The number of fused-ring (bicyclic) bond motifs is 2. The maximum atomic E-state index is 12.7. The lowest BCUT2D eigenvalue weighted by atomic mass is 9.78. The van der Waals surface area contributed by atoms with Gasteiger partial charge in [-0.15, -0.1) is 5.10 Å². The molecular formula is C16H21N5OS. The summed E-state index contributed by atoms with van der Waals surface area (Å²) in [7, 11) is 0. The Kier molecular flexibility index (Phi) is 4.20. The lowest BCUT2D eigenvalue weighted by molar-refractivity contribution is -0.134. The van der Waals surface area contributed by atoms with Crippen molar-refractivity contribution in [1.29, 1.82) is 0 Å². The highest BCUT2D eigenvalue weighted by Crippen LogP contribution is 2.35. The third-order valence-electron chi connectivity index (χ3n) is 4.99. The van der Waals surface area contributed by atoms with E-state index in [9.17, 15) is 4.79 Å². The first-order valence-electron chi connectivity index (χ1n) is 8.41. The van der Waals surface area contributed by atoms with E-state index in [1.165, 1.54) is 43.9 Å². The summed E-state index contributed by atoms with van der Waals surface area (Å²) in [5.41, 5.74) is 0. The van der Waals surface area contributed by atoms with Crippen LogP contribution in [0.5, 0.6) is 0 Å². The molecule has 0 spiro atoms. The molecule has 0 bridgehead atoms. The molecule has 0 aromatic carbocycles. The average molecular weight is 331 g/mol. The Hall–Kier alpha value is -1.63. The minimum Gasteiger partial charge on any atom is -0.339 e. The molecule has 0 radical (unpaired) electrons. The van der Waals surface area contributed by atoms with Crippen LogP contribution in [-0.2, 0) is 4.79 Å². The van der Waals surface area contributed by atoms with Gasteiger partial charge in [0.25, 0.3) is 5.78 Å². The standard InChI is InChI=1S/C16H21N5OS/c22-14(20-9-3-6-12-5-1-2-7-13(12)20)11-23-16-18-15-17-8-4-10-21(15)19-16/h4,8,10,12-13H,1-3,5-7,9,11H2/t12-,13-/m1/s1. The van der Waals surface area contributed by atoms with Gasteiger partial charge in [0.1, 0.15) is 0 Å². The Morgan fingerprint density at radius 2 is 2.13 bits per heavy atom. The maximum absolute atomic E-state index is 12.7. The van der Waals surface area contributed by atoms with E-state index < -0.39 is 0 Å². The SMILES string of the molecule is O=C(CSc1nc2ncccn2n1)N1CCC[C@H]2CCCC[C@H]21. The van der Waals surface area contributed by atoms with Crippen LogP contribution in [0.1, 0.15) is 38.5 Å². The summed E-state index contributed by atoms with van der Waals surface area (Å²) in [4.78, 5) is 23.3. The van der Waals surface area contributed by atoms with Gasteiger partial charge in [-0.05, 0) is 37.7 Å². The van der Waals surface area contributed by atoms with Crippen molar-refractivity contribution in [3.8, 4) is 0 Å². The van der Waals surface area contributed by atoms with Crippen LogP contribution in [0.2, 0.25) is 0 Å². The fraction of sp³-hybridized carbons (Fsp3) is 0.625. The van der Waals surface area contributed by atoms with Crippen LogP contribution < -0.4 is 0 Å². The van der Waals surface area contributed by atoms with Gasteiger partial charge in [-0.2, -0.15) is 4.98 Å². The number of hydrogen-bond acceptors (Lipinski definition) is 5. The molecule has 0 N–H and O–H groups in total. The van der Waals surface area contributed by atoms with Gasteiger partial charge in [0.05, 0.1) is 5.75 Å². The van der Waals surface area contributed by atoms with Crippen LogP contribution in [0.15, 0.2) is 23.6 Å². The molecular weight excluding hydrogens is 310 g/mol. The number of nitrogens with zero attached hydrogens (tertiary/aromatic N) is 5. The minimum absolute atomic E-state index is 0.235. The van der Waals surface area contributed by atoms with Crippen LogP contribution in [0.3, 0.4) is 0 Å². The molecule has 2 aliphatic rings. The monoisotopic (exact) mass is 331 g/mol. The Balaban J connectivity index is 1.40. The molecule has 1 amide bonds. The predicted molar refractivity (Wildman–Crippen MR) is 88.2 cm³/mol. The number of amides is 1.